The van der Waals surface area contributed by atoms with Crippen LogP contribution in [-0.2, 0) is 16.5 Å². The Kier molecular flexibility index (Phi) is 4.00. The van der Waals surface area contributed by atoms with Crippen molar-refractivity contribution in [1.82, 2.24) is 9.55 Å². The van der Waals surface area contributed by atoms with E-state index in [0.29, 0.717) is 34.3 Å². The summed E-state index contributed by atoms with van der Waals surface area (Å²) in [6.07, 6.45) is 0.311. The predicted octanol–water partition coefficient (Wildman–Crippen LogP) is 3.41. The fourth-order valence-electron chi connectivity index (χ4n) is 3.34. The molecule has 1 atom stereocenters. The van der Waals surface area contributed by atoms with E-state index in [9.17, 15) is 26.4 Å². The zero-order valence-corrected chi connectivity index (χ0v) is 15.2. The molecule has 0 fully saturated rings. The monoisotopic (exact) mass is 410 g/mol. The highest BCUT2D eigenvalue weighted by Crippen LogP contribution is 2.36. The molecule has 1 unspecified atom stereocenters. The molecule has 2 aromatic carbocycles. The molecule has 0 radical (unpaired) electrons. The third-order valence-corrected chi connectivity index (χ3v) is 5.55. The van der Waals surface area contributed by atoms with Crippen molar-refractivity contribution in [3.8, 4) is 17.1 Å². The van der Waals surface area contributed by atoms with E-state index in [2.05, 4.69) is 9.17 Å². The fourth-order valence-corrected chi connectivity index (χ4v) is 3.79. The average Bonchev–Trinajstić information content (AvgIpc) is 2.60. The highest BCUT2D eigenvalue weighted by molar-refractivity contribution is 7.88. The molecule has 4 rings (SSSR count). The minimum atomic E-state index is -5.76. The van der Waals surface area contributed by atoms with Gasteiger partial charge in [0.1, 0.15) is 11.6 Å². The first-order valence-electron chi connectivity index (χ1n) is 8.24. The second-order valence-corrected chi connectivity index (χ2v) is 8.02. The molecule has 10 heteroatoms. The molecule has 0 saturated carbocycles. The molecule has 0 bridgehead atoms. The van der Waals surface area contributed by atoms with Crippen LogP contribution in [0, 0.1) is 0 Å². The van der Waals surface area contributed by atoms with E-state index in [1.54, 1.807) is 31.2 Å². The van der Waals surface area contributed by atoms with Crippen LogP contribution in [0.5, 0.6) is 5.75 Å². The van der Waals surface area contributed by atoms with Crippen LogP contribution in [0.1, 0.15) is 18.5 Å². The van der Waals surface area contributed by atoms with Crippen molar-refractivity contribution in [2.45, 2.75) is 24.9 Å². The van der Waals surface area contributed by atoms with Crippen LogP contribution in [0.15, 0.2) is 47.3 Å². The minimum absolute atomic E-state index is 0.210. The molecule has 1 aliphatic heterocycles. The van der Waals surface area contributed by atoms with Crippen molar-refractivity contribution in [3.05, 3.63) is 58.4 Å². The Hall–Kier alpha value is -2.88. The Morgan fingerprint density at radius 3 is 2.61 bits per heavy atom. The van der Waals surface area contributed by atoms with Crippen LogP contribution < -0.4 is 9.74 Å². The van der Waals surface area contributed by atoms with Crippen molar-refractivity contribution in [3.63, 3.8) is 0 Å². The molecule has 28 heavy (non-hydrogen) atoms. The first-order valence-corrected chi connectivity index (χ1v) is 9.64. The number of nitrogens with zero attached hydrogens (tertiary/aromatic N) is 2. The Labute approximate surface area is 157 Å². The third-order valence-electron chi connectivity index (χ3n) is 4.57. The first-order chi connectivity index (χ1) is 13.1. The fraction of sp³-hybridized carbons (Fsp3) is 0.222. The molecule has 1 aromatic heterocycles. The summed E-state index contributed by atoms with van der Waals surface area (Å²) in [4.78, 5) is 17.4. The van der Waals surface area contributed by atoms with Gasteiger partial charge >= 0.3 is 15.6 Å². The number of para-hydroxylation sites is 1. The number of hydrogen-bond donors (Lipinski definition) is 0. The first kappa shape index (κ1) is 18.5. The average molecular weight is 410 g/mol. The summed E-state index contributed by atoms with van der Waals surface area (Å²) < 4.78 is 65.9. The van der Waals surface area contributed by atoms with Gasteiger partial charge in [0.05, 0.1) is 10.9 Å². The largest absolute Gasteiger partial charge is 0.534 e. The van der Waals surface area contributed by atoms with Gasteiger partial charge in [-0.25, -0.2) is 4.98 Å². The molecule has 3 aromatic rings. The van der Waals surface area contributed by atoms with Crippen molar-refractivity contribution in [2.75, 3.05) is 0 Å². The quantitative estimate of drug-likeness (QED) is 0.478. The van der Waals surface area contributed by atoms with E-state index in [-0.39, 0.29) is 11.6 Å². The van der Waals surface area contributed by atoms with Gasteiger partial charge in [-0.3, -0.25) is 9.36 Å². The molecule has 1 aliphatic rings. The van der Waals surface area contributed by atoms with Crippen molar-refractivity contribution >= 4 is 21.0 Å². The topological polar surface area (TPSA) is 78.3 Å². The molecule has 0 N–H and O–H groups in total. The van der Waals surface area contributed by atoms with Crippen LogP contribution in [0.4, 0.5) is 13.2 Å². The number of halogens is 3. The Bertz CT molecular complexity index is 1270. The van der Waals surface area contributed by atoms with Gasteiger partial charge in [-0.15, -0.1) is 0 Å². The molecule has 6 nitrogen and oxygen atoms in total. The van der Waals surface area contributed by atoms with E-state index in [1.165, 1.54) is 16.7 Å². The van der Waals surface area contributed by atoms with Gasteiger partial charge in [-0.05, 0) is 49.2 Å². The van der Waals surface area contributed by atoms with Crippen LogP contribution in [0.2, 0.25) is 0 Å². The molecule has 0 amide bonds. The SMILES string of the molecule is CC1Cc2cc(OS(=O)(=O)C(F)(F)F)ccc2-c2nc3ccccc3c(=O)n21. The van der Waals surface area contributed by atoms with Gasteiger partial charge in [0, 0.05) is 11.6 Å². The third kappa shape index (κ3) is 2.84. The highest BCUT2D eigenvalue weighted by atomic mass is 32.2. The van der Waals surface area contributed by atoms with Crippen LogP contribution in [-0.4, -0.2) is 23.5 Å². The lowest BCUT2D eigenvalue weighted by molar-refractivity contribution is -0.0500. The summed E-state index contributed by atoms with van der Waals surface area (Å²) in [6, 6.07) is 10.3. The molecule has 0 spiro atoms. The zero-order chi connectivity index (χ0) is 20.3. The summed E-state index contributed by atoms with van der Waals surface area (Å²) in [6.45, 7) is 1.78. The number of hydrogen-bond acceptors (Lipinski definition) is 5. The Balaban J connectivity index is 1.86. The van der Waals surface area contributed by atoms with E-state index in [1.807, 2.05) is 0 Å². The number of rotatable bonds is 2. The predicted molar refractivity (Wildman–Crippen MR) is 95.5 cm³/mol. The van der Waals surface area contributed by atoms with Crippen molar-refractivity contribution in [2.24, 2.45) is 0 Å². The van der Waals surface area contributed by atoms with Gasteiger partial charge in [-0.1, -0.05) is 12.1 Å². The second-order valence-electron chi connectivity index (χ2n) is 6.48. The van der Waals surface area contributed by atoms with Gasteiger partial charge in [0.25, 0.3) is 5.56 Å². The standard InChI is InChI=1S/C18H13F3N2O4S/c1-10-8-11-9-12(27-28(25,26)18(19,20)21)6-7-13(11)16-22-15-5-3-2-4-14(15)17(24)23(10)16/h2-7,9-10H,8H2,1H3. The Morgan fingerprint density at radius 1 is 1.18 bits per heavy atom. The number of alkyl halides is 3. The van der Waals surface area contributed by atoms with E-state index in [4.69, 9.17) is 0 Å². The summed E-state index contributed by atoms with van der Waals surface area (Å²) in [5.41, 5.74) is -4.14. The smallest absolute Gasteiger partial charge is 0.376 e. The van der Waals surface area contributed by atoms with Crippen LogP contribution in [0.3, 0.4) is 0 Å². The van der Waals surface area contributed by atoms with Crippen molar-refractivity contribution in [1.29, 1.82) is 0 Å². The van der Waals surface area contributed by atoms with Crippen molar-refractivity contribution < 1.29 is 25.8 Å². The second kappa shape index (κ2) is 6.06. The lowest BCUT2D eigenvalue weighted by Crippen LogP contribution is -2.31. The lowest BCUT2D eigenvalue weighted by atomic mass is 9.95. The van der Waals surface area contributed by atoms with Crippen LogP contribution >= 0.6 is 0 Å². The molecule has 2 heterocycles. The van der Waals surface area contributed by atoms with Gasteiger partial charge in [0.15, 0.2) is 0 Å². The molecule has 146 valence electrons. The maximum Gasteiger partial charge on any atom is 0.534 e. The van der Waals surface area contributed by atoms with Gasteiger partial charge < -0.3 is 4.18 Å². The summed E-state index contributed by atoms with van der Waals surface area (Å²) in [7, 11) is -5.76. The van der Waals surface area contributed by atoms with E-state index < -0.39 is 21.4 Å². The summed E-state index contributed by atoms with van der Waals surface area (Å²) >= 11 is 0. The minimum Gasteiger partial charge on any atom is -0.376 e. The normalized spacial score (nSPS) is 16.5. The number of aromatic nitrogens is 2. The number of fused-ring (bicyclic) bond motifs is 4. The zero-order valence-electron chi connectivity index (χ0n) is 14.4. The molecule has 0 saturated heterocycles. The van der Waals surface area contributed by atoms with Gasteiger partial charge in [0.2, 0.25) is 0 Å². The summed E-state index contributed by atoms with van der Waals surface area (Å²) in [5.74, 6) is -0.0671. The number of benzene rings is 2. The molecule has 0 aliphatic carbocycles. The maximum absolute atomic E-state index is 12.9. The van der Waals surface area contributed by atoms with E-state index >= 15 is 0 Å². The molecular formula is C18H13F3N2O4S. The molecular weight excluding hydrogens is 397 g/mol. The van der Waals surface area contributed by atoms with E-state index in [0.717, 1.165) is 6.07 Å². The lowest BCUT2D eigenvalue weighted by Gasteiger charge is -2.27. The summed E-state index contributed by atoms with van der Waals surface area (Å²) in [5, 5.41) is 0.470. The van der Waals surface area contributed by atoms with Gasteiger partial charge in [-0.2, -0.15) is 21.6 Å². The Morgan fingerprint density at radius 2 is 1.89 bits per heavy atom. The maximum atomic E-state index is 12.9. The highest BCUT2D eigenvalue weighted by Gasteiger charge is 2.48. The van der Waals surface area contributed by atoms with Crippen LogP contribution in [0.25, 0.3) is 22.3 Å².